The van der Waals surface area contributed by atoms with Crippen LogP contribution in [-0.2, 0) is 6.61 Å². The normalized spacial score (nSPS) is 10.6. The van der Waals surface area contributed by atoms with Gasteiger partial charge in [-0.3, -0.25) is 10.1 Å². The molecule has 8 heteroatoms. The van der Waals surface area contributed by atoms with Crippen molar-refractivity contribution in [1.29, 1.82) is 0 Å². The predicted molar refractivity (Wildman–Crippen MR) is 109 cm³/mol. The largest absolute Gasteiger partial charge is 0.496 e. The Labute approximate surface area is 171 Å². The highest BCUT2D eigenvalue weighted by Gasteiger charge is 2.14. The molecule has 4 aromatic rings. The number of nitrogens with zero attached hydrogens (tertiary/aromatic N) is 3. The zero-order valence-electron chi connectivity index (χ0n) is 16.0. The number of hydrogen-bond donors (Lipinski definition) is 0. The number of benzene rings is 3. The predicted octanol–water partition coefficient (Wildman–Crippen LogP) is 4.90. The van der Waals surface area contributed by atoms with Crippen LogP contribution >= 0.6 is 0 Å². The van der Waals surface area contributed by atoms with Crippen molar-refractivity contribution in [2.24, 2.45) is 0 Å². The Morgan fingerprint density at radius 1 is 1.03 bits per heavy atom. The highest BCUT2D eigenvalue weighted by Crippen LogP contribution is 2.30. The Balaban J connectivity index is 1.46. The van der Waals surface area contributed by atoms with Crippen LogP contribution in [0.2, 0.25) is 0 Å². The van der Waals surface area contributed by atoms with E-state index >= 15 is 0 Å². The lowest BCUT2D eigenvalue weighted by Gasteiger charge is -2.06. The first-order chi connectivity index (χ1) is 14.6. The molecule has 0 radical (unpaired) electrons. The topological polar surface area (TPSA) is 101 Å². The Kier molecular flexibility index (Phi) is 5.38. The van der Waals surface area contributed by atoms with Gasteiger partial charge in [-0.05, 0) is 42.0 Å². The minimum Gasteiger partial charge on any atom is -0.496 e. The fraction of sp³-hybridized carbons (Fsp3) is 0.0909. The molecule has 0 aliphatic rings. The first kappa shape index (κ1) is 19.1. The van der Waals surface area contributed by atoms with E-state index < -0.39 is 4.92 Å². The Bertz CT molecular complexity index is 1170. The van der Waals surface area contributed by atoms with Gasteiger partial charge in [0.2, 0.25) is 5.82 Å². The molecule has 0 bridgehead atoms. The third kappa shape index (κ3) is 4.12. The maximum Gasteiger partial charge on any atom is 0.269 e. The molecule has 0 unspecified atom stereocenters. The quantitative estimate of drug-likeness (QED) is 0.319. The number of rotatable bonds is 7. The van der Waals surface area contributed by atoms with Gasteiger partial charge >= 0.3 is 0 Å². The molecule has 0 aliphatic carbocycles. The summed E-state index contributed by atoms with van der Waals surface area (Å²) in [7, 11) is 1.59. The summed E-state index contributed by atoms with van der Waals surface area (Å²) in [4.78, 5) is 14.9. The van der Waals surface area contributed by atoms with Crippen LogP contribution in [0.4, 0.5) is 5.69 Å². The molecular weight excluding hydrogens is 386 g/mol. The molecule has 0 saturated heterocycles. The van der Waals surface area contributed by atoms with Crippen LogP contribution in [0, 0.1) is 10.1 Å². The molecule has 3 aromatic carbocycles. The summed E-state index contributed by atoms with van der Waals surface area (Å²) in [5.41, 5.74) is 2.24. The average molecular weight is 403 g/mol. The van der Waals surface area contributed by atoms with Gasteiger partial charge in [0.05, 0.1) is 17.6 Å². The summed E-state index contributed by atoms with van der Waals surface area (Å²) < 4.78 is 16.4. The molecule has 1 aromatic heterocycles. The van der Waals surface area contributed by atoms with E-state index in [1.165, 1.54) is 12.1 Å². The molecule has 0 spiro atoms. The van der Waals surface area contributed by atoms with Crippen LogP contribution in [0.1, 0.15) is 5.56 Å². The number of nitro benzene ring substituents is 1. The second-order valence-corrected chi connectivity index (χ2v) is 6.36. The molecule has 1 heterocycles. The van der Waals surface area contributed by atoms with Crippen molar-refractivity contribution in [3.05, 3.63) is 88.5 Å². The monoisotopic (exact) mass is 403 g/mol. The van der Waals surface area contributed by atoms with Crippen molar-refractivity contribution in [3.8, 4) is 34.3 Å². The van der Waals surface area contributed by atoms with Crippen molar-refractivity contribution in [1.82, 2.24) is 10.1 Å². The van der Waals surface area contributed by atoms with Gasteiger partial charge in [-0.25, -0.2) is 0 Å². The van der Waals surface area contributed by atoms with Gasteiger partial charge in [-0.1, -0.05) is 29.4 Å². The van der Waals surface area contributed by atoms with Gasteiger partial charge in [-0.2, -0.15) is 4.98 Å². The summed E-state index contributed by atoms with van der Waals surface area (Å²) in [5, 5.41) is 14.9. The van der Waals surface area contributed by atoms with Crippen molar-refractivity contribution >= 4 is 5.69 Å². The maximum absolute atomic E-state index is 10.9. The number of aromatic nitrogens is 2. The van der Waals surface area contributed by atoms with Crippen LogP contribution in [0.15, 0.2) is 77.3 Å². The van der Waals surface area contributed by atoms with E-state index in [-0.39, 0.29) is 12.3 Å². The Morgan fingerprint density at radius 3 is 2.60 bits per heavy atom. The lowest BCUT2D eigenvalue weighted by Crippen LogP contribution is -1.97. The molecule has 150 valence electrons. The van der Waals surface area contributed by atoms with Gasteiger partial charge in [-0.15, -0.1) is 0 Å². The molecule has 30 heavy (non-hydrogen) atoms. The molecule has 0 N–H and O–H groups in total. The summed E-state index contributed by atoms with van der Waals surface area (Å²) in [6.45, 7) is 0.223. The van der Waals surface area contributed by atoms with E-state index in [0.717, 1.165) is 11.1 Å². The minimum atomic E-state index is -0.428. The fourth-order valence-corrected chi connectivity index (χ4v) is 2.90. The van der Waals surface area contributed by atoms with Crippen molar-refractivity contribution in [2.75, 3.05) is 7.11 Å². The van der Waals surface area contributed by atoms with Gasteiger partial charge < -0.3 is 14.0 Å². The minimum absolute atomic E-state index is 0.0365. The van der Waals surface area contributed by atoms with Gasteiger partial charge in [0.1, 0.15) is 18.1 Å². The smallest absolute Gasteiger partial charge is 0.269 e. The van der Waals surface area contributed by atoms with Crippen LogP contribution in [-0.4, -0.2) is 22.2 Å². The first-order valence-electron chi connectivity index (χ1n) is 9.08. The number of ether oxygens (including phenoxy) is 2. The maximum atomic E-state index is 10.9. The summed E-state index contributed by atoms with van der Waals surface area (Å²) in [6, 6.07) is 21.0. The number of para-hydroxylation sites is 1. The zero-order chi connectivity index (χ0) is 20.9. The molecule has 4 rings (SSSR count). The highest BCUT2D eigenvalue weighted by molar-refractivity contribution is 5.65. The fourth-order valence-electron chi connectivity index (χ4n) is 2.90. The zero-order valence-corrected chi connectivity index (χ0v) is 16.0. The molecule has 8 nitrogen and oxygen atoms in total. The van der Waals surface area contributed by atoms with Gasteiger partial charge in [0, 0.05) is 17.7 Å². The lowest BCUT2D eigenvalue weighted by atomic mass is 10.2. The molecule has 0 atom stereocenters. The second-order valence-electron chi connectivity index (χ2n) is 6.36. The highest BCUT2D eigenvalue weighted by atomic mass is 16.6. The van der Waals surface area contributed by atoms with Crippen molar-refractivity contribution < 1.29 is 18.9 Å². The molecular formula is C22H17N3O5. The summed E-state index contributed by atoms with van der Waals surface area (Å²) >= 11 is 0. The van der Waals surface area contributed by atoms with Crippen molar-refractivity contribution in [3.63, 3.8) is 0 Å². The Morgan fingerprint density at radius 2 is 1.83 bits per heavy atom. The number of methoxy groups -OCH3 is 1. The summed E-state index contributed by atoms with van der Waals surface area (Å²) in [6.07, 6.45) is 0. The van der Waals surface area contributed by atoms with Crippen LogP contribution in [0.3, 0.4) is 0 Å². The van der Waals surface area contributed by atoms with Crippen molar-refractivity contribution in [2.45, 2.75) is 6.61 Å². The third-order valence-electron chi connectivity index (χ3n) is 4.40. The lowest BCUT2D eigenvalue weighted by molar-refractivity contribution is -0.384. The van der Waals surface area contributed by atoms with Crippen LogP contribution < -0.4 is 9.47 Å². The van der Waals surface area contributed by atoms with Gasteiger partial charge in [0.15, 0.2) is 0 Å². The molecule has 0 saturated carbocycles. The SMILES string of the molecule is COc1ccccc1-c1nc(-c2ccc(OCc3cccc([N+](=O)[O-])c3)cc2)no1. The second kappa shape index (κ2) is 8.44. The Hall–Kier alpha value is -4.20. The summed E-state index contributed by atoms with van der Waals surface area (Å²) in [5.74, 6) is 2.09. The molecule has 0 fully saturated rings. The number of non-ortho nitro benzene ring substituents is 1. The van der Waals surface area contributed by atoms with E-state index in [1.54, 1.807) is 31.4 Å². The number of nitro groups is 1. The number of hydrogen-bond acceptors (Lipinski definition) is 7. The van der Waals surface area contributed by atoms with E-state index in [2.05, 4.69) is 10.1 Å². The molecule has 0 aliphatic heterocycles. The van der Waals surface area contributed by atoms with Crippen LogP contribution in [0.5, 0.6) is 11.5 Å². The first-order valence-corrected chi connectivity index (χ1v) is 9.08. The molecule has 0 amide bonds. The van der Waals surface area contributed by atoms with Crippen LogP contribution in [0.25, 0.3) is 22.8 Å². The van der Waals surface area contributed by atoms with E-state index in [4.69, 9.17) is 14.0 Å². The van der Waals surface area contributed by atoms with Gasteiger partial charge in [0.25, 0.3) is 11.6 Å². The van der Waals surface area contributed by atoms with E-state index in [9.17, 15) is 10.1 Å². The average Bonchev–Trinajstić information content (AvgIpc) is 3.28. The standard InChI is InChI=1S/C22H17N3O5/c1-28-20-8-3-2-7-19(20)22-23-21(24-30-22)16-9-11-18(12-10-16)29-14-15-5-4-6-17(13-15)25(26)27/h2-13H,14H2,1H3. The van der Waals surface area contributed by atoms with E-state index in [1.807, 2.05) is 36.4 Å². The third-order valence-corrected chi connectivity index (χ3v) is 4.40. The van der Waals surface area contributed by atoms with E-state index in [0.29, 0.717) is 28.8 Å².